The standard InChI is InChI=1S/C24H21ClN2O5/c25-17-3-1-2-4-18(17)26-19(28)12-32-24(31)13-7-9-16(10-8-13)27-22(29)20-14-5-6-15(11-14)21(20)23(27)30/h1-4,7-10,14-15,20-21H,5-6,11-12H2,(H,26,28)/t14-,15-,20-,21+/m0/s1. The van der Waals surface area contributed by atoms with E-state index in [1.165, 1.54) is 17.0 Å². The molecule has 8 heteroatoms. The summed E-state index contributed by atoms with van der Waals surface area (Å²) in [6.07, 6.45) is 3.02. The summed E-state index contributed by atoms with van der Waals surface area (Å²) in [6, 6.07) is 12.9. The van der Waals surface area contributed by atoms with E-state index in [-0.39, 0.29) is 29.2 Å². The second-order valence-electron chi connectivity index (χ2n) is 8.55. The first-order chi connectivity index (χ1) is 15.4. The molecule has 0 radical (unpaired) electrons. The summed E-state index contributed by atoms with van der Waals surface area (Å²) in [5, 5.41) is 2.96. The van der Waals surface area contributed by atoms with Gasteiger partial charge in [0.25, 0.3) is 5.91 Å². The van der Waals surface area contributed by atoms with Gasteiger partial charge in [-0.15, -0.1) is 0 Å². The van der Waals surface area contributed by atoms with E-state index in [1.807, 2.05) is 0 Å². The number of imide groups is 1. The summed E-state index contributed by atoms with van der Waals surface area (Å²) in [5.41, 5.74) is 1.11. The number of rotatable bonds is 5. The van der Waals surface area contributed by atoms with E-state index in [2.05, 4.69) is 5.32 Å². The number of ether oxygens (including phenoxy) is 1. The minimum absolute atomic E-state index is 0.126. The molecule has 1 aliphatic heterocycles. The highest BCUT2D eigenvalue weighted by molar-refractivity contribution is 6.33. The number of para-hydroxylation sites is 1. The highest BCUT2D eigenvalue weighted by atomic mass is 35.5. The van der Waals surface area contributed by atoms with Crippen LogP contribution < -0.4 is 10.2 Å². The Morgan fingerprint density at radius 1 is 0.969 bits per heavy atom. The SMILES string of the molecule is O=C(COC(=O)c1ccc(N2C(=O)[C@@H]3[C@H]4CC[C@@H](C4)[C@@H]3C2=O)cc1)Nc1ccccc1Cl. The summed E-state index contributed by atoms with van der Waals surface area (Å²) in [6.45, 7) is -0.471. The lowest BCUT2D eigenvalue weighted by Gasteiger charge is -2.19. The minimum atomic E-state index is -0.681. The smallest absolute Gasteiger partial charge is 0.338 e. The van der Waals surface area contributed by atoms with Crippen molar-refractivity contribution in [2.75, 3.05) is 16.8 Å². The highest BCUT2D eigenvalue weighted by Gasteiger charge is 2.61. The van der Waals surface area contributed by atoms with Crippen LogP contribution in [0.2, 0.25) is 5.02 Å². The number of carbonyl (C=O) groups excluding carboxylic acids is 4. The van der Waals surface area contributed by atoms with Gasteiger partial charge < -0.3 is 10.1 Å². The molecule has 3 amide bonds. The summed E-state index contributed by atoms with van der Waals surface area (Å²) < 4.78 is 5.07. The molecule has 3 fully saturated rings. The number of fused-ring (bicyclic) bond motifs is 5. The summed E-state index contributed by atoms with van der Waals surface area (Å²) in [5.74, 6) is -1.20. The number of carbonyl (C=O) groups is 4. The Morgan fingerprint density at radius 2 is 1.59 bits per heavy atom. The van der Waals surface area contributed by atoms with Gasteiger partial charge in [0.05, 0.1) is 33.8 Å². The molecule has 4 atom stereocenters. The van der Waals surface area contributed by atoms with Gasteiger partial charge in [-0.2, -0.15) is 0 Å². The largest absolute Gasteiger partial charge is 0.452 e. The monoisotopic (exact) mass is 452 g/mol. The Morgan fingerprint density at radius 3 is 2.22 bits per heavy atom. The zero-order valence-electron chi connectivity index (χ0n) is 17.1. The van der Waals surface area contributed by atoms with Crippen molar-refractivity contribution in [1.29, 1.82) is 0 Å². The molecule has 2 saturated carbocycles. The van der Waals surface area contributed by atoms with E-state index in [0.29, 0.717) is 28.2 Å². The van der Waals surface area contributed by atoms with Gasteiger partial charge >= 0.3 is 5.97 Å². The van der Waals surface area contributed by atoms with Crippen LogP contribution in [0.1, 0.15) is 29.6 Å². The first-order valence-electron chi connectivity index (χ1n) is 10.6. The maximum absolute atomic E-state index is 12.9. The molecule has 0 unspecified atom stereocenters. The minimum Gasteiger partial charge on any atom is -0.452 e. The molecule has 0 aromatic heterocycles. The third-order valence-electron chi connectivity index (χ3n) is 6.77. The maximum atomic E-state index is 12.9. The number of nitrogens with zero attached hydrogens (tertiary/aromatic N) is 1. The van der Waals surface area contributed by atoms with Crippen LogP contribution in [0.25, 0.3) is 0 Å². The Bertz CT molecular complexity index is 1090. The molecule has 7 nitrogen and oxygen atoms in total. The molecule has 1 heterocycles. The van der Waals surface area contributed by atoms with Crippen LogP contribution in [0, 0.1) is 23.7 Å². The topological polar surface area (TPSA) is 92.8 Å². The van der Waals surface area contributed by atoms with Gasteiger partial charge in [-0.05, 0) is 67.5 Å². The van der Waals surface area contributed by atoms with E-state index < -0.39 is 18.5 Å². The fourth-order valence-corrected chi connectivity index (χ4v) is 5.56. The van der Waals surface area contributed by atoms with Gasteiger partial charge in [-0.1, -0.05) is 23.7 Å². The van der Waals surface area contributed by atoms with Gasteiger partial charge in [-0.3, -0.25) is 19.3 Å². The molecule has 1 saturated heterocycles. The molecule has 32 heavy (non-hydrogen) atoms. The third kappa shape index (κ3) is 3.46. The van der Waals surface area contributed by atoms with Gasteiger partial charge in [0, 0.05) is 0 Å². The van der Waals surface area contributed by atoms with E-state index in [9.17, 15) is 19.2 Å². The van der Waals surface area contributed by atoms with Crippen LogP contribution in [-0.4, -0.2) is 30.3 Å². The quantitative estimate of drug-likeness (QED) is 0.552. The number of nitrogens with one attached hydrogen (secondary N) is 1. The molecule has 2 aromatic rings. The van der Waals surface area contributed by atoms with Crippen molar-refractivity contribution >= 4 is 46.7 Å². The van der Waals surface area contributed by atoms with Crippen LogP contribution in [0.15, 0.2) is 48.5 Å². The summed E-state index contributed by atoms with van der Waals surface area (Å²) in [4.78, 5) is 51.4. The Kier molecular flexibility index (Phi) is 5.21. The molecule has 1 N–H and O–H groups in total. The number of benzene rings is 2. The molecule has 3 aliphatic rings. The zero-order chi connectivity index (χ0) is 22.4. The van der Waals surface area contributed by atoms with Crippen molar-refractivity contribution in [3.05, 3.63) is 59.1 Å². The number of hydrogen-bond donors (Lipinski definition) is 1. The third-order valence-corrected chi connectivity index (χ3v) is 7.10. The predicted octanol–water partition coefficient (Wildman–Crippen LogP) is 3.67. The molecule has 2 bridgehead atoms. The van der Waals surface area contributed by atoms with Crippen molar-refractivity contribution in [3.63, 3.8) is 0 Å². The molecule has 2 aromatic carbocycles. The van der Waals surface area contributed by atoms with Crippen LogP contribution in [-0.2, 0) is 19.1 Å². The van der Waals surface area contributed by atoms with Gasteiger partial charge in [-0.25, -0.2) is 4.79 Å². The number of halogens is 1. The summed E-state index contributed by atoms with van der Waals surface area (Å²) in [7, 11) is 0. The zero-order valence-corrected chi connectivity index (χ0v) is 17.9. The lowest BCUT2D eigenvalue weighted by Crippen LogP contribution is -2.32. The van der Waals surface area contributed by atoms with Gasteiger partial charge in [0.2, 0.25) is 11.8 Å². The molecule has 164 valence electrons. The second-order valence-corrected chi connectivity index (χ2v) is 8.95. The Labute approximate surface area is 189 Å². The Balaban J connectivity index is 1.21. The van der Waals surface area contributed by atoms with Crippen LogP contribution in [0.3, 0.4) is 0 Å². The lowest BCUT2D eigenvalue weighted by atomic mass is 9.81. The summed E-state index contributed by atoms with van der Waals surface area (Å²) >= 11 is 5.99. The molecule has 2 aliphatic carbocycles. The number of esters is 1. The predicted molar refractivity (Wildman–Crippen MR) is 117 cm³/mol. The normalized spacial score (nSPS) is 25.7. The van der Waals surface area contributed by atoms with Crippen LogP contribution in [0.4, 0.5) is 11.4 Å². The first-order valence-corrected chi connectivity index (χ1v) is 11.0. The molecular formula is C24H21ClN2O5. The first kappa shape index (κ1) is 20.7. The number of amides is 3. The van der Waals surface area contributed by atoms with Crippen molar-refractivity contribution in [3.8, 4) is 0 Å². The fraction of sp³-hybridized carbons (Fsp3) is 0.333. The van der Waals surface area contributed by atoms with E-state index in [4.69, 9.17) is 16.3 Å². The van der Waals surface area contributed by atoms with Crippen molar-refractivity contribution < 1.29 is 23.9 Å². The van der Waals surface area contributed by atoms with Gasteiger partial charge in [0.1, 0.15) is 0 Å². The molecule has 5 rings (SSSR count). The highest BCUT2D eigenvalue weighted by Crippen LogP contribution is 2.56. The van der Waals surface area contributed by atoms with Crippen molar-refractivity contribution in [1.82, 2.24) is 0 Å². The van der Waals surface area contributed by atoms with Gasteiger partial charge in [0.15, 0.2) is 6.61 Å². The van der Waals surface area contributed by atoms with E-state index in [0.717, 1.165) is 19.3 Å². The van der Waals surface area contributed by atoms with Crippen LogP contribution >= 0.6 is 11.6 Å². The number of anilines is 2. The lowest BCUT2D eigenvalue weighted by molar-refractivity contribution is -0.123. The van der Waals surface area contributed by atoms with Crippen LogP contribution in [0.5, 0.6) is 0 Å². The van der Waals surface area contributed by atoms with E-state index >= 15 is 0 Å². The average molecular weight is 453 g/mol. The van der Waals surface area contributed by atoms with Crippen molar-refractivity contribution in [2.24, 2.45) is 23.7 Å². The second kappa shape index (κ2) is 8.06. The Hall–Kier alpha value is -3.19. The average Bonchev–Trinajstić information content (AvgIpc) is 3.47. The van der Waals surface area contributed by atoms with E-state index in [1.54, 1.807) is 36.4 Å². The van der Waals surface area contributed by atoms with Crippen molar-refractivity contribution in [2.45, 2.75) is 19.3 Å². The fourth-order valence-electron chi connectivity index (χ4n) is 5.37. The number of hydrogen-bond acceptors (Lipinski definition) is 5. The molecule has 0 spiro atoms. The molecular weight excluding hydrogens is 432 g/mol. The maximum Gasteiger partial charge on any atom is 0.338 e.